The van der Waals surface area contributed by atoms with E-state index < -0.39 is 30.1 Å². The van der Waals surface area contributed by atoms with Gasteiger partial charge in [-0.25, -0.2) is 0 Å². The highest BCUT2D eigenvalue weighted by molar-refractivity contribution is 9.10. The lowest BCUT2D eigenvalue weighted by Gasteiger charge is -2.32. The smallest absolute Gasteiger partial charge is 0.466 e. The maximum Gasteiger partial charge on any atom is 0.466 e. The third-order valence-electron chi connectivity index (χ3n) is 4.37. The van der Waals surface area contributed by atoms with Crippen LogP contribution < -0.4 is 0 Å². The first-order valence-corrected chi connectivity index (χ1v) is 8.23. The molecule has 1 saturated heterocycles. The maximum absolute atomic E-state index is 11.3. The molecule has 0 amide bonds. The summed E-state index contributed by atoms with van der Waals surface area (Å²) in [5.74, 6) is -1.31. The summed E-state index contributed by atoms with van der Waals surface area (Å²) in [7, 11) is -0.617. The Morgan fingerprint density at radius 1 is 1.32 bits per heavy atom. The molecule has 1 aromatic rings. The Balaban J connectivity index is 2.35. The molecule has 1 atom stereocenters. The quantitative estimate of drug-likeness (QED) is 0.781. The second kappa shape index (κ2) is 6.15. The Kier molecular flexibility index (Phi) is 4.98. The van der Waals surface area contributed by atoms with Crippen LogP contribution in [-0.4, -0.2) is 29.4 Å². The second-order valence-corrected chi connectivity index (χ2v) is 7.76. The van der Waals surface area contributed by atoms with E-state index in [-0.39, 0.29) is 6.42 Å². The van der Waals surface area contributed by atoms with Gasteiger partial charge in [-0.15, -0.1) is 0 Å². The summed E-state index contributed by atoms with van der Waals surface area (Å²) in [6, 6.07) is 5.37. The Bertz CT molecular complexity index is 575. The summed E-state index contributed by atoms with van der Waals surface area (Å²) in [6.45, 7) is 7.79. The molecule has 0 radical (unpaired) electrons. The van der Waals surface area contributed by atoms with Crippen molar-refractivity contribution >= 4 is 40.6 Å². The van der Waals surface area contributed by atoms with Gasteiger partial charge in [0.1, 0.15) is 0 Å². The van der Waals surface area contributed by atoms with Crippen molar-refractivity contribution in [3.63, 3.8) is 0 Å². The van der Waals surface area contributed by atoms with Crippen LogP contribution in [0.1, 0.15) is 45.5 Å². The zero-order valence-corrected chi connectivity index (χ0v) is 15.4. The molecule has 120 valence electrons. The van der Waals surface area contributed by atoms with Crippen LogP contribution in [0.5, 0.6) is 0 Å². The molecule has 7 heteroatoms. The number of carbonyl (C=O) groups is 1. The average Bonchev–Trinajstić information content (AvgIpc) is 2.59. The highest BCUT2D eigenvalue weighted by Crippen LogP contribution is 2.42. The first kappa shape index (κ1) is 17.8. The third kappa shape index (κ3) is 3.50. The summed E-state index contributed by atoms with van der Waals surface area (Å²) in [6.07, 6.45) is -0.0785. The van der Waals surface area contributed by atoms with Gasteiger partial charge in [0.15, 0.2) is 0 Å². The SMILES string of the molecule is CC1(C)OB(C(CC(=O)O)c2ccc(Cl)c(Br)c2)OC1(C)C. The number of aliphatic carboxylic acids is 1. The summed E-state index contributed by atoms with van der Waals surface area (Å²) < 4.78 is 12.8. The van der Waals surface area contributed by atoms with E-state index >= 15 is 0 Å². The van der Waals surface area contributed by atoms with Crippen LogP contribution >= 0.6 is 27.5 Å². The van der Waals surface area contributed by atoms with Gasteiger partial charge >= 0.3 is 13.1 Å². The van der Waals surface area contributed by atoms with Gasteiger partial charge < -0.3 is 14.4 Å². The summed E-state index contributed by atoms with van der Waals surface area (Å²) in [5, 5.41) is 9.82. The topological polar surface area (TPSA) is 55.8 Å². The highest BCUT2D eigenvalue weighted by Gasteiger charge is 2.54. The van der Waals surface area contributed by atoms with Gasteiger partial charge in [0.25, 0.3) is 0 Å². The van der Waals surface area contributed by atoms with Gasteiger partial charge in [-0.3, -0.25) is 4.79 Å². The molecule has 4 nitrogen and oxygen atoms in total. The molecular weight excluding hydrogens is 370 g/mol. The minimum absolute atomic E-state index is 0.0785. The molecular formula is C15H19BBrClO4. The molecule has 1 heterocycles. The molecule has 1 aromatic carbocycles. The van der Waals surface area contributed by atoms with Gasteiger partial charge in [-0.1, -0.05) is 17.7 Å². The third-order valence-corrected chi connectivity index (χ3v) is 5.58. The number of carboxylic acid groups (broad SMARTS) is 1. The first-order valence-electron chi connectivity index (χ1n) is 7.06. The van der Waals surface area contributed by atoms with Crippen LogP contribution in [-0.2, 0) is 14.1 Å². The lowest BCUT2D eigenvalue weighted by atomic mass is 9.66. The molecule has 1 aliphatic rings. The standard InChI is InChI=1S/C15H19BBrClO4/c1-14(2)15(3,4)22-16(21-14)10(8-13(19)20)9-5-6-12(18)11(17)7-9/h5-7,10H,8H2,1-4H3,(H,19,20). The molecule has 22 heavy (non-hydrogen) atoms. The lowest BCUT2D eigenvalue weighted by molar-refractivity contribution is -0.137. The highest BCUT2D eigenvalue weighted by atomic mass is 79.9. The minimum atomic E-state index is -0.897. The predicted octanol–water partition coefficient (Wildman–Crippen LogP) is 4.29. The number of carboxylic acids is 1. The van der Waals surface area contributed by atoms with E-state index in [1.165, 1.54) is 0 Å². The van der Waals surface area contributed by atoms with Gasteiger partial charge in [-0.2, -0.15) is 0 Å². The minimum Gasteiger partial charge on any atom is -0.481 e. The number of hydrogen-bond donors (Lipinski definition) is 1. The average molecular weight is 389 g/mol. The van der Waals surface area contributed by atoms with Crippen LogP contribution in [0.3, 0.4) is 0 Å². The van der Waals surface area contributed by atoms with Crippen LogP contribution in [0.4, 0.5) is 0 Å². The molecule has 1 aliphatic heterocycles. The molecule has 0 aromatic heterocycles. The molecule has 0 aliphatic carbocycles. The molecule has 1 unspecified atom stereocenters. The van der Waals surface area contributed by atoms with Gasteiger partial charge in [0.05, 0.1) is 22.6 Å². The van der Waals surface area contributed by atoms with E-state index in [0.29, 0.717) is 5.02 Å². The Hall–Kier alpha value is -0.555. The van der Waals surface area contributed by atoms with Crippen LogP contribution in [0.15, 0.2) is 22.7 Å². The van der Waals surface area contributed by atoms with Crippen molar-refractivity contribution < 1.29 is 19.2 Å². The van der Waals surface area contributed by atoms with Crippen molar-refractivity contribution in [1.29, 1.82) is 0 Å². The van der Waals surface area contributed by atoms with Crippen molar-refractivity contribution in [2.45, 2.75) is 51.1 Å². The Morgan fingerprint density at radius 3 is 2.32 bits per heavy atom. The molecule has 1 fully saturated rings. The Labute approximate surface area is 144 Å². The fraction of sp³-hybridized carbons (Fsp3) is 0.533. The summed E-state index contributed by atoms with van der Waals surface area (Å²) >= 11 is 9.39. The largest absolute Gasteiger partial charge is 0.481 e. The first-order chi connectivity index (χ1) is 10.0. The van der Waals surface area contributed by atoms with Crippen LogP contribution in [0.2, 0.25) is 5.02 Å². The maximum atomic E-state index is 11.3. The van der Waals surface area contributed by atoms with E-state index in [2.05, 4.69) is 15.9 Å². The number of halogens is 2. The van der Waals surface area contributed by atoms with Crippen LogP contribution in [0, 0.1) is 0 Å². The van der Waals surface area contributed by atoms with Crippen LogP contribution in [0.25, 0.3) is 0 Å². The zero-order chi connectivity index (χ0) is 16.7. The molecule has 0 spiro atoms. The van der Waals surface area contributed by atoms with Gasteiger partial charge in [0, 0.05) is 10.3 Å². The monoisotopic (exact) mass is 388 g/mol. The van der Waals surface area contributed by atoms with Crippen molar-refractivity contribution in [2.75, 3.05) is 0 Å². The Morgan fingerprint density at radius 2 is 1.86 bits per heavy atom. The van der Waals surface area contributed by atoms with Crippen molar-refractivity contribution in [3.8, 4) is 0 Å². The number of rotatable bonds is 4. The fourth-order valence-electron chi connectivity index (χ4n) is 2.36. The second-order valence-electron chi connectivity index (χ2n) is 6.50. The van der Waals surface area contributed by atoms with E-state index in [4.69, 9.17) is 20.9 Å². The number of benzene rings is 1. The predicted molar refractivity (Wildman–Crippen MR) is 90.2 cm³/mol. The number of hydrogen-bond acceptors (Lipinski definition) is 3. The molecule has 0 saturated carbocycles. The lowest BCUT2D eigenvalue weighted by Crippen LogP contribution is -2.41. The van der Waals surface area contributed by atoms with Crippen molar-refractivity contribution in [2.24, 2.45) is 0 Å². The normalized spacial score (nSPS) is 20.9. The van der Waals surface area contributed by atoms with Crippen molar-refractivity contribution in [1.82, 2.24) is 0 Å². The molecule has 2 rings (SSSR count). The van der Waals surface area contributed by atoms with E-state index in [1.54, 1.807) is 6.07 Å². The summed E-state index contributed by atoms with van der Waals surface area (Å²) in [4.78, 5) is 11.3. The molecule has 0 bridgehead atoms. The van der Waals surface area contributed by atoms with Gasteiger partial charge in [0.2, 0.25) is 0 Å². The van der Waals surface area contributed by atoms with E-state index in [9.17, 15) is 9.90 Å². The fourth-order valence-corrected chi connectivity index (χ4v) is 2.87. The van der Waals surface area contributed by atoms with Gasteiger partial charge in [-0.05, 0) is 61.3 Å². The van der Waals surface area contributed by atoms with E-state index in [1.807, 2.05) is 39.8 Å². The molecule has 1 N–H and O–H groups in total. The zero-order valence-electron chi connectivity index (χ0n) is 13.0. The summed E-state index contributed by atoms with van der Waals surface area (Å²) in [5.41, 5.74) is -0.187. The van der Waals surface area contributed by atoms with E-state index in [0.717, 1.165) is 10.0 Å². The van der Waals surface area contributed by atoms with Crippen molar-refractivity contribution in [3.05, 3.63) is 33.3 Å².